The number of hydrogen-bond donors (Lipinski definition) is 1. The summed E-state index contributed by atoms with van der Waals surface area (Å²) < 4.78 is 28.8. The van der Waals surface area contributed by atoms with Crippen LogP contribution < -0.4 is 14.8 Å². The summed E-state index contributed by atoms with van der Waals surface area (Å²) in [5.74, 6) is -1.97. The Morgan fingerprint density at radius 1 is 1.19 bits per heavy atom. The second kappa shape index (κ2) is 11.9. The van der Waals surface area contributed by atoms with Gasteiger partial charge in [-0.25, -0.2) is 9.18 Å². The van der Waals surface area contributed by atoms with Crippen molar-refractivity contribution in [1.82, 2.24) is 4.90 Å². The van der Waals surface area contributed by atoms with Crippen LogP contribution in [0.1, 0.15) is 19.4 Å². The lowest BCUT2D eigenvalue weighted by Crippen LogP contribution is -2.42. The van der Waals surface area contributed by atoms with Crippen molar-refractivity contribution in [2.75, 3.05) is 25.6 Å². The van der Waals surface area contributed by atoms with Crippen molar-refractivity contribution in [3.05, 3.63) is 57.7 Å². The van der Waals surface area contributed by atoms with Crippen LogP contribution >= 0.6 is 23.4 Å². The van der Waals surface area contributed by atoms with Crippen molar-refractivity contribution < 1.29 is 37.8 Å². The highest BCUT2D eigenvalue weighted by atomic mass is 35.5. The van der Waals surface area contributed by atoms with Crippen LogP contribution in [0, 0.1) is 5.82 Å². The molecule has 1 atom stereocenters. The Morgan fingerprint density at radius 3 is 2.53 bits per heavy atom. The Hall–Kier alpha value is -3.57. The number of carbonyl (C=O) groups excluding carboxylic acids is 4. The Morgan fingerprint density at radius 2 is 1.89 bits per heavy atom. The van der Waals surface area contributed by atoms with Crippen LogP contribution in [0.15, 0.2) is 41.3 Å². The molecule has 36 heavy (non-hydrogen) atoms. The van der Waals surface area contributed by atoms with E-state index in [1.54, 1.807) is 13.0 Å². The Bertz CT molecular complexity index is 1220. The minimum atomic E-state index is -1.08. The first-order valence-electron chi connectivity index (χ1n) is 10.6. The number of nitrogens with zero attached hydrogens (tertiary/aromatic N) is 1. The lowest BCUT2D eigenvalue weighted by Gasteiger charge is -2.18. The van der Waals surface area contributed by atoms with Crippen LogP contribution in [0.2, 0.25) is 5.02 Å². The first-order chi connectivity index (χ1) is 17.1. The lowest BCUT2D eigenvalue weighted by atomic mass is 10.1. The van der Waals surface area contributed by atoms with Gasteiger partial charge in [0.05, 0.1) is 23.6 Å². The maximum Gasteiger partial charge on any atom is 0.328 e. The van der Waals surface area contributed by atoms with Gasteiger partial charge in [-0.3, -0.25) is 19.3 Å². The summed E-state index contributed by atoms with van der Waals surface area (Å²) in [6, 6.07) is 7.19. The summed E-state index contributed by atoms with van der Waals surface area (Å²) in [7, 11) is 1.17. The highest BCUT2D eigenvalue weighted by Crippen LogP contribution is 2.39. The van der Waals surface area contributed by atoms with Crippen molar-refractivity contribution in [3.8, 4) is 11.5 Å². The van der Waals surface area contributed by atoms with Crippen molar-refractivity contribution in [3.63, 3.8) is 0 Å². The average molecular weight is 537 g/mol. The van der Waals surface area contributed by atoms with E-state index in [0.29, 0.717) is 23.0 Å². The van der Waals surface area contributed by atoms with Gasteiger partial charge in [0.2, 0.25) is 0 Å². The molecule has 1 heterocycles. The van der Waals surface area contributed by atoms with E-state index in [4.69, 9.17) is 21.1 Å². The molecule has 3 rings (SSSR count). The molecule has 0 saturated carbocycles. The number of rotatable bonds is 9. The third kappa shape index (κ3) is 6.35. The molecule has 3 amide bonds. The summed E-state index contributed by atoms with van der Waals surface area (Å²) in [5.41, 5.74) is 0.828. The van der Waals surface area contributed by atoms with Crippen LogP contribution in [0.4, 0.5) is 14.9 Å². The zero-order chi connectivity index (χ0) is 26.4. The van der Waals surface area contributed by atoms with Crippen LogP contribution in [0.5, 0.6) is 11.5 Å². The molecule has 12 heteroatoms. The molecule has 2 aromatic rings. The second-order valence-electron chi connectivity index (χ2n) is 7.36. The average Bonchev–Trinajstić information content (AvgIpc) is 3.11. The highest BCUT2D eigenvalue weighted by molar-refractivity contribution is 8.18. The second-order valence-corrected chi connectivity index (χ2v) is 8.76. The van der Waals surface area contributed by atoms with Gasteiger partial charge in [-0.15, -0.1) is 0 Å². The van der Waals surface area contributed by atoms with E-state index in [1.807, 2.05) is 0 Å². The first-order valence-corrected chi connectivity index (χ1v) is 11.8. The van der Waals surface area contributed by atoms with Crippen LogP contribution in [0.3, 0.4) is 0 Å². The molecular weight excluding hydrogens is 515 g/mol. The Kier molecular flexibility index (Phi) is 8.94. The van der Waals surface area contributed by atoms with Crippen molar-refractivity contribution in [2.24, 2.45) is 0 Å². The highest BCUT2D eigenvalue weighted by Gasteiger charge is 2.41. The Labute approximate surface area is 215 Å². The summed E-state index contributed by atoms with van der Waals surface area (Å²) in [6.45, 7) is 2.99. The van der Waals surface area contributed by atoms with E-state index in [-0.39, 0.29) is 28.0 Å². The van der Waals surface area contributed by atoms with E-state index < -0.39 is 41.5 Å². The van der Waals surface area contributed by atoms with Gasteiger partial charge in [0.25, 0.3) is 17.1 Å². The zero-order valence-corrected chi connectivity index (χ0v) is 21.1. The number of esters is 1. The molecule has 1 aliphatic heterocycles. The maximum atomic E-state index is 13.0. The Balaban J connectivity index is 1.78. The molecule has 1 saturated heterocycles. The van der Waals surface area contributed by atoms with Gasteiger partial charge in [-0.2, -0.15) is 0 Å². The quantitative estimate of drug-likeness (QED) is 0.368. The number of anilines is 1. The molecule has 1 aliphatic rings. The minimum absolute atomic E-state index is 0.0848. The standard InChI is InChI=1S/C24H22ClFN2O7S/c1-4-34-18-10-14(11-19-22(30)28(24(32)36-19)13(2)23(31)33-3)9-17(25)21(18)35-12-20(29)27-16-7-5-15(26)6-8-16/h5-11,13H,4,12H2,1-3H3,(H,27,29)/b19-11+/t13-/m0/s1. The molecule has 0 unspecified atom stereocenters. The van der Waals surface area contributed by atoms with Crippen LogP contribution in [-0.4, -0.2) is 54.3 Å². The SMILES string of the molecule is CCOc1cc(/C=C2/SC(=O)N([C@@H](C)C(=O)OC)C2=O)cc(Cl)c1OCC(=O)Nc1ccc(F)cc1. The number of benzene rings is 2. The van der Waals surface area contributed by atoms with Gasteiger partial charge in [0.15, 0.2) is 18.1 Å². The topological polar surface area (TPSA) is 111 Å². The number of carbonyl (C=O) groups is 4. The fourth-order valence-electron chi connectivity index (χ4n) is 3.18. The van der Waals surface area contributed by atoms with Gasteiger partial charge in [0.1, 0.15) is 11.9 Å². The van der Waals surface area contributed by atoms with E-state index in [9.17, 15) is 23.6 Å². The van der Waals surface area contributed by atoms with E-state index in [2.05, 4.69) is 10.1 Å². The van der Waals surface area contributed by atoms with E-state index in [0.717, 1.165) is 4.90 Å². The maximum absolute atomic E-state index is 13.0. The minimum Gasteiger partial charge on any atom is -0.490 e. The van der Waals surface area contributed by atoms with Crippen LogP contribution in [0.25, 0.3) is 6.08 Å². The smallest absolute Gasteiger partial charge is 0.328 e. The molecule has 2 aromatic carbocycles. The normalized spacial score (nSPS) is 15.1. The molecule has 1 fully saturated rings. The molecule has 0 spiro atoms. The number of nitrogens with one attached hydrogen (secondary N) is 1. The molecule has 0 aliphatic carbocycles. The van der Waals surface area contributed by atoms with Crippen molar-refractivity contribution >= 4 is 58.1 Å². The summed E-state index contributed by atoms with van der Waals surface area (Å²) in [5, 5.41) is 2.07. The largest absolute Gasteiger partial charge is 0.490 e. The van der Waals surface area contributed by atoms with Gasteiger partial charge >= 0.3 is 5.97 Å². The number of imide groups is 1. The third-order valence-corrected chi connectivity index (χ3v) is 6.02. The van der Waals surface area contributed by atoms with Crippen molar-refractivity contribution in [2.45, 2.75) is 19.9 Å². The fourth-order valence-corrected chi connectivity index (χ4v) is 4.37. The molecule has 190 valence electrons. The molecule has 9 nitrogen and oxygen atoms in total. The summed E-state index contributed by atoms with van der Waals surface area (Å²) in [4.78, 5) is 50.0. The monoisotopic (exact) mass is 536 g/mol. The van der Waals surface area contributed by atoms with E-state index >= 15 is 0 Å². The zero-order valence-electron chi connectivity index (χ0n) is 19.5. The van der Waals surface area contributed by atoms with E-state index in [1.165, 1.54) is 50.4 Å². The van der Waals surface area contributed by atoms with Gasteiger partial charge < -0.3 is 19.5 Å². The molecule has 1 N–H and O–H groups in total. The van der Waals surface area contributed by atoms with Gasteiger partial charge in [0, 0.05) is 5.69 Å². The fraction of sp³-hybridized carbons (Fsp3) is 0.250. The van der Waals surface area contributed by atoms with Gasteiger partial charge in [-0.1, -0.05) is 11.6 Å². The van der Waals surface area contributed by atoms with Crippen LogP contribution in [-0.2, 0) is 19.1 Å². The number of thioether (sulfide) groups is 1. The number of hydrogen-bond acceptors (Lipinski definition) is 8. The predicted molar refractivity (Wildman–Crippen MR) is 132 cm³/mol. The molecular formula is C24H22ClFN2O7S. The first kappa shape index (κ1) is 27.0. The predicted octanol–water partition coefficient (Wildman–Crippen LogP) is 4.49. The molecule has 0 bridgehead atoms. The van der Waals surface area contributed by atoms with Crippen molar-refractivity contribution in [1.29, 1.82) is 0 Å². The van der Waals surface area contributed by atoms with Gasteiger partial charge in [-0.05, 0) is 73.6 Å². The third-order valence-electron chi connectivity index (χ3n) is 4.86. The summed E-state index contributed by atoms with van der Waals surface area (Å²) in [6.07, 6.45) is 1.44. The number of halogens is 2. The number of amides is 3. The number of ether oxygens (including phenoxy) is 3. The molecule has 0 aromatic heterocycles. The number of methoxy groups -OCH3 is 1. The molecule has 0 radical (unpaired) electrons. The lowest BCUT2D eigenvalue weighted by molar-refractivity contribution is -0.148. The summed E-state index contributed by atoms with van der Waals surface area (Å²) >= 11 is 7.06.